The first kappa shape index (κ1) is 9.13. The summed E-state index contributed by atoms with van der Waals surface area (Å²) < 4.78 is 4.99. The first-order valence-electron chi connectivity index (χ1n) is 3.40. The lowest BCUT2D eigenvalue weighted by Crippen LogP contribution is -1.88. The molecule has 1 rings (SSSR count). The minimum absolute atomic E-state index is 0.567. The fourth-order valence-electron chi connectivity index (χ4n) is 0.601. The molecule has 0 fully saturated rings. The Morgan fingerprint density at radius 2 is 2.45 bits per heavy atom. The van der Waals surface area contributed by atoms with Gasteiger partial charge in [-0.05, 0) is 5.25 Å². The second-order valence-electron chi connectivity index (χ2n) is 2.45. The second kappa shape index (κ2) is 4.16. The van der Waals surface area contributed by atoms with Gasteiger partial charge in [0.2, 0.25) is 0 Å². The average molecular weight is 236 g/mol. The first-order chi connectivity index (χ1) is 5.18. The van der Waals surface area contributed by atoms with Crippen molar-refractivity contribution in [3.05, 3.63) is 16.8 Å². The molecule has 0 saturated heterocycles. The van der Waals surface area contributed by atoms with E-state index in [9.17, 15) is 0 Å². The maximum atomic E-state index is 4.99. The normalized spacial score (nSPS) is 10.9. The van der Waals surface area contributed by atoms with Gasteiger partial charge in [-0.25, -0.2) is 4.98 Å². The highest BCUT2D eigenvalue weighted by Gasteiger charge is 2.01. The van der Waals surface area contributed by atoms with Crippen molar-refractivity contribution in [2.75, 3.05) is 0 Å². The third-order valence-corrected chi connectivity index (χ3v) is 2.58. The van der Waals surface area contributed by atoms with E-state index in [1.165, 1.54) is 0 Å². The van der Waals surface area contributed by atoms with Crippen LogP contribution in [0.15, 0.2) is 15.5 Å². The van der Waals surface area contributed by atoms with Gasteiger partial charge in [0.1, 0.15) is 6.26 Å². The second-order valence-corrected chi connectivity index (χ2v) is 4.69. The third kappa shape index (κ3) is 3.29. The molecule has 0 aliphatic heterocycles. The topological polar surface area (TPSA) is 26.0 Å². The predicted octanol–water partition coefficient (Wildman–Crippen LogP) is 3.08. The highest BCUT2D eigenvalue weighted by molar-refractivity contribution is 9.10. The zero-order valence-corrected chi connectivity index (χ0v) is 8.91. The Hall–Kier alpha value is 0.0400. The molecule has 0 radical (unpaired) electrons. The summed E-state index contributed by atoms with van der Waals surface area (Å²) in [6, 6.07) is 0. The van der Waals surface area contributed by atoms with Crippen LogP contribution in [0.4, 0.5) is 0 Å². The van der Waals surface area contributed by atoms with Crippen LogP contribution in [-0.2, 0) is 5.75 Å². The molecule has 0 aliphatic rings. The molecule has 0 aromatic carbocycles. The lowest BCUT2D eigenvalue weighted by Gasteiger charge is -1.99. The van der Waals surface area contributed by atoms with E-state index >= 15 is 0 Å². The van der Waals surface area contributed by atoms with E-state index in [2.05, 4.69) is 34.8 Å². The zero-order chi connectivity index (χ0) is 8.27. The zero-order valence-electron chi connectivity index (χ0n) is 6.50. The number of aromatic nitrogens is 1. The van der Waals surface area contributed by atoms with Crippen molar-refractivity contribution < 1.29 is 4.42 Å². The molecule has 1 heterocycles. The largest absolute Gasteiger partial charge is 0.439 e. The lowest BCUT2D eigenvalue weighted by atomic mass is 10.6. The van der Waals surface area contributed by atoms with Crippen molar-refractivity contribution in [1.82, 2.24) is 4.98 Å². The highest BCUT2D eigenvalue weighted by atomic mass is 79.9. The molecule has 2 nitrogen and oxygen atoms in total. The Morgan fingerprint density at radius 3 is 2.91 bits per heavy atom. The minimum atomic E-state index is 0.567. The van der Waals surface area contributed by atoms with Crippen molar-refractivity contribution in [2.24, 2.45) is 0 Å². The average Bonchev–Trinajstić information content (AvgIpc) is 2.31. The fraction of sp³-hybridized carbons (Fsp3) is 0.571. The van der Waals surface area contributed by atoms with Crippen LogP contribution in [0.25, 0.3) is 0 Å². The van der Waals surface area contributed by atoms with Gasteiger partial charge in [-0.1, -0.05) is 13.8 Å². The number of hydrogen-bond acceptors (Lipinski definition) is 3. The summed E-state index contributed by atoms with van der Waals surface area (Å²) in [6.45, 7) is 4.33. The van der Waals surface area contributed by atoms with Crippen LogP contribution in [0, 0.1) is 0 Å². The highest BCUT2D eigenvalue weighted by Crippen LogP contribution is 2.18. The molecule has 62 valence electrons. The van der Waals surface area contributed by atoms with Crippen LogP contribution in [0.3, 0.4) is 0 Å². The Bertz CT molecular complexity index is 224. The van der Waals surface area contributed by atoms with E-state index in [1.54, 1.807) is 6.26 Å². The molecule has 0 unspecified atom stereocenters. The van der Waals surface area contributed by atoms with Crippen molar-refractivity contribution in [3.8, 4) is 0 Å². The van der Waals surface area contributed by atoms with E-state index in [0.717, 1.165) is 11.4 Å². The van der Waals surface area contributed by atoms with Gasteiger partial charge in [-0.15, -0.1) is 0 Å². The first-order valence-corrected chi connectivity index (χ1v) is 5.24. The van der Waals surface area contributed by atoms with Crippen LogP contribution in [0.5, 0.6) is 0 Å². The monoisotopic (exact) mass is 235 g/mol. The van der Waals surface area contributed by atoms with Gasteiger partial charge in [-0.3, -0.25) is 0 Å². The van der Waals surface area contributed by atoms with Crippen molar-refractivity contribution in [1.29, 1.82) is 0 Å². The molecule has 0 amide bonds. The van der Waals surface area contributed by atoms with E-state index in [-0.39, 0.29) is 0 Å². The van der Waals surface area contributed by atoms with Gasteiger partial charge in [0.25, 0.3) is 4.80 Å². The van der Waals surface area contributed by atoms with Gasteiger partial charge in [-0.2, -0.15) is 11.8 Å². The molecular weight excluding hydrogens is 226 g/mol. The third-order valence-electron chi connectivity index (χ3n) is 1.09. The number of thioether (sulfide) groups is 1. The van der Waals surface area contributed by atoms with Crippen LogP contribution in [0.2, 0.25) is 0 Å². The summed E-state index contributed by atoms with van der Waals surface area (Å²) >= 11 is 5.01. The molecule has 0 aliphatic carbocycles. The van der Waals surface area contributed by atoms with Crippen LogP contribution in [0.1, 0.15) is 19.5 Å². The number of halogens is 1. The van der Waals surface area contributed by atoms with Gasteiger partial charge in [0, 0.05) is 21.7 Å². The van der Waals surface area contributed by atoms with Crippen LogP contribution >= 0.6 is 27.7 Å². The van der Waals surface area contributed by atoms with Gasteiger partial charge in [0.05, 0.1) is 5.69 Å². The lowest BCUT2D eigenvalue weighted by molar-refractivity contribution is 0.528. The summed E-state index contributed by atoms with van der Waals surface area (Å²) in [5, 5.41) is 0.644. The molecule has 0 spiro atoms. The Labute approximate surface area is 78.9 Å². The van der Waals surface area contributed by atoms with Gasteiger partial charge in [0.15, 0.2) is 0 Å². The maximum absolute atomic E-state index is 4.99. The molecule has 4 heteroatoms. The maximum Gasteiger partial charge on any atom is 0.264 e. The molecule has 1 aromatic heterocycles. The SMILES string of the molecule is CC(C)SCc1coc(Br)n1. The van der Waals surface area contributed by atoms with Gasteiger partial charge >= 0.3 is 0 Å². The quantitative estimate of drug-likeness (QED) is 0.806. The van der Waals surface area contributed by atoms with Crippen LogP contribution in [-0.4, -0.2) is 10.2 Å². The fourth-order valence-corrected chi connectivity index (χ4v) is 1.56. The summed E-state index contributed by atoms with van der Waals surface area (Å²) in [5.41, 5.74) is 0.996. The molecule has 0 N–H and O–H groups in total. The van der Waals surface area contributed by atoms with E-state index < -0.39 is 0 Å². The minimum Gasteiger partial charge on any atom is -0.439 e. The Kier molecular flexibility index (Phi) is 3.45. The van der Waals surface area contributed by atoms with Crippen LogP contribution < -0.4 is 0 Å². The number of nitrogens with zero attached hydrogens (tertiary/aromatic N) is 1. The Balaban J connectivity index is 2.39. The Morgan fingerprint density at radius 1 is 1.73 bits per heavy atom. The van der Waals surface area contributed by atoms with Gasteiger partial charge < -0.3 is 4.42 Å². The molecular formula is C7H10BrNOS. The van der Waals surface area contributed by atoms with E-state index in [4.69, 9.17) is 4.42 Å². The number of oxazole rings is 1. The molecule has 1 aromatic rings. The predicted molar refractivity (Wildman–Crippen MR) is 50.6 cm³/mol. The van der Waals surface area contributed by atoms with E-state index in [1.807, 2.05) is 11.8 Å². The van der Waals surface area contributed by atoms with Crippen molar-refractivity contribution in [2.45, 2.75) is 24.9 Å². The smallest absolute Gasteiger partial charge is 0.264 e. The summed E-state index contributed by atoms with van der Waals surface area (Å²) in [7, 11) is 0. The van der Waals surface area contributed by atoms with E-state index in [0.29, 0.717) is 10.0 Å². The molecule has 0 bridgehead atoms. The number of rotatable bonds is 3. The summed E-state index contributed by atoms with van der Waals surface area (Å²) in [5.74, 6) is 0.923. The standard InChI is InChI=1S/C7H10BrNOS/c1-5(2)11-4-6-3-10-7(8)9-6/h3,5H,4H2,1-2H3. The molecule has 11 heavy (non-hydrogen) atoms. The van der Waals surface area contributed by atoms with Crippen molar-refractivity contribution >= 4 is 27.7 Å². The number of hydrogen-bond donors (Lipinski definition) is 0. The van der Waals surface area contributed by atoms with Crippen molar-refractivity contribution in [3.63, 3.8) is 0 Å². The summed E-state index contributed by atoms with van der Waals surface area (Å²) in [4.78, 5) is 4.68. The summed E-state index contributed by atoms with van der Waals surface area (Å²) in [6.07, 6.45) is 1.68. The molecule has 0 atom stereocenters. The molecule has 0 saturated carbocycles.